The van der Waals surface area contributed by atoms with Crippen LogP contribution in [0.25, 0.3) is 11.3 Å². The van der Waals surface area contributed by atoms with Crippen molar-refractivity contribution in [1.29, 1.82) is 0 Å². The molecule has 3 aromatic rings. The fraction of sp³-hybridized carbons (Fsp3) is 0.222. The van der Waals surface area contributed by atoms with E-state index < -0.39 is 6.10 Å². The fourth-order valence-corrected chi connectivity index (χ4v) is 3.37. The molecule has 27 heavy (non-hydrogen) atoms. The van der Waals surface area contributed by atoms with Crippen LogP contribution in [-0.2, 0) is 16.2 Å². The van der Waals surface area contributed by atoms with Gasteiger partial charge in [-0.25, -0.2) is 9.37 Å². The van der Waals surface area contributed by atoms with Crippen molar-refractivity contribution in [3.05, 3.63) is 53.4 Å². The molecule has 1 atom stereocenters. The first-order valence-electron chi connectivity index (χ1n) is 8.40. The van der Waals surface area contributed by atoms with Gasteiger partial charge in [0.05, 0.1) is 17.6 Å². The first-order valence-corrected chi connectivity index (χ1v) is 9.28. The van der Waals surface area contributed by atoms with Crippen LogP contribution in [0, 0.1) is 5.82 Å². The highest BCUT2D eigenvalue weighted by atomic mass is 32.1. The van der Waals surface area contributed by atoms with E-state index in [1.807, 2.05) is 23.2 Å². The van der Waals surface area contributed by atoms with Crippen LogP contribution < -0.4 is 5.32 Å². The Bertz CT molecular complexity index is 995. The van der Waals surface area contributed by atoms with Crippen molar-refractivity contribution in [3.63, 3.8) is 0 Å². The summed E-state index contributed by atoms with van der Waals surface area (Å²) in [5.74, 6) is -0.641. The number of carbonyl (C=O) groups is 1. The van der Waals surface area contributed by atoms with E-state index >= 15 is 0 Å². The SMILES string of the molecule is CCn1cc(-c2csc(NC(=O)C3CC(c4ccc(F)cc4)=NO3)n2)cn1. The summed E-state index contributed by atoms with van der Waals surface area (Å²) in [6.07, 6.45) is 3.23. The maximum absolute atomic E-state index is 13.0. The van der Waals surface area contributed by atoms with Gasteiger partial charge in [-0.2, -0.15) is 5.10 Å². The second-order valence-corrected chi connectivity index (χ2v) is 6.81. The zero-order chi connectivity index (χ0) is 18.8. The Kier molecular flexibility index (Phi) is 4.68. The van der Waals surface area contributed by atoms with E-state index in [2.05, 4.69) is 20.6 Å². The molecule has 0 saturated carbocycles. The molecule has 1 amide bonds. The lowest BCUT2D eigenvalue weighted by Crippen LogP contribution is -2.28. The van der Waals surface area contributed by atoms with Gasteiger partial charge in [0.25, 0.3) is 5.91 Å². The molecule has 2 aromatic heterocycles. The molecular weight excluding hydrogens is 369 g/mol. The summed E-state index contributed by atoms with van der Waals surface area (Å²) >= 11 is 1.33. The lowest BCUT2D eigenvalue weighted by Gasteiger charge is -2.07. The van der Waals surface area contributed by atoms with Gasteiger partial charge in [-0.05, 0) is 24.6 Å². The predicted molar refractivity (Wildman–Crippen MR) is 100 cm³/mol. The number of carbonyl (C=O) groups excluding carboxylic acids is 1. The number of halogens is 1. The molecule has 0 aliphatic carbocycles. The predicted octanol–water partition coefficient (Wildman–Crippen LogP) is 3.30. The van der Waals surface area contributed by atoms with E-state index in [-0.39, 0.29) is 11.7 Å². The molecule has 4 rings (SSSR count). The lowest BCUT2D eigenvalue weighted by atomic mass is 10.0. The van der Waals surface area contributed by atoms with E-state index in [0.29, 0.717) is 17.3 Å². The van der Waals surface area contributed by atoms with Crippen molar-refractivity contribution < 1.29 is 14.0 Å². The molecule has 0 bridgehead atoms. The van der Waals surface area contributed by atoms with Crippen LogP contribution in [0.1, 0.15) is 18.9 Å². The highest BCUT2D eigenvalue weighted by Crippen LogP contribution is 2.25. The number of nitrogens with one attached hydrogen (secondary N) is 1. The zero-order valence-corrected chi connectivity index (χ0v) is 15.2. The second kappa shape index (κ2) is 7.28. The van der Waals surface area contributed by atoms with Crippen molar-refractivity contribution in [3.8, 4) is 11.3 Å². The van der Waals surface area contributed by atoms with Gasteiger partial charge in [-0.3, -0.25) is 14.8 Å². The Hall–Kier alpha value is -3.07. The number of thiazole rings is 1. The second-order valence-electron chi connectivity index (χ2n) is 5.95. The van der Waals surface area contributed by atoms with Crippen molar-refractivity contribution in [1.82, 2.24) is 14.8 Å². The molecule has 0 fully saturated rings. The maximum atomic E-state index is 13.0. The van der Waals surface area contributed by atoms with Crippen molar-refractivity contribution in [2.75, 3.05) is 5.32 Å². The average molecular weight is 385 g/mol. The Morgan fingerprint density at radius 1 is 1.37 bits per heavy atom. The average Bonchev–Trinajstić information content (AvgIpc) is 3.42. The third kappa shape index (κ3) is 3.72. The summed E-state index contributed by atoms with van der Waals surface area (Å²) in [6, 6.07) is 5.93. The van der Waals surface area contributed by atoms with Crippen molar-refractivity contribution in [2.45, 2.75) is 26.0 Å². The van der Waals surface area contributed by atoms with Crippen LogP contribution in [0.4, 0.5) is 9.52 Å². The molecule has 3 heterocycles. The standard InChI is InChI=1S/C18H16FN5O2S/c1-2-24-9-12(8-20-24)15-10-27-18(21-15)22-17(25)16-7-14(23-26-16)11-3-5-13(19)6-4-11/h3-6,8-10,16H,2,7H2,1H3,(H,21,22,25). The third-order valence-electron chi connectivity index (χ3n) is 4.13. The van der Waals surface area contributed by atoms with Gasteiger partial charge in [-0.1, -0.05) is 17.3 Å². The molecular formula is C18H16FN5O2S. The number of benzene rings is 1. The van der Waals surface area contributed by atoms with Gasteiger partial charge in [0, 0.05) is 30.1 Å². The smallest absolute Gasteiger partial charge is 0.270 e. The highest BCUT2D eigenvalue weighted by Gasteiger charge is 2.29. The van der Waals surface area contributed by atoms with Gasteiger partial charge in [0.1, 0.15) is 5.82 Å². The van der Waals surface area contributed by atoms with Crippen molar-refractivity contribution in [2.24, 2.45) is 5.16 Å². The van der Waals surface area contributed by atoms with Crippen LogP contribution in [0.15, 0.2) is 47.2 Å². The largest absolute Gasteiger partial charge is 0.382 e. The number of nitrogens with zero attached hydrogens (tertiary/aromatic N) is 4. The molecule has 1 N–H and O–H groups in total. The van der Waals surface area contributed by atoms with Gasteiger partial charge >= 0.3 is 0 Å². The highest BCUT2D eigenvalue weighted by molar-refractivity contribution is 7.14. The van der Waals surface area contributed by atoms with Gasteiger partial charge in [-0.15, -0.1) is 11.3 Å². The molecule has 138 valence electrons. The van der Waals surface area contributed by atoms with Crippen molar-refractivity contribution >= 4 is 28.1 Å². The summed E-state index contributed by atoms with van der Waals surface area (Å²) < 4.78 is 14.8. The minimum atomic E-state index is -0.736. The minimum Gasteiger partial charge on any atom is -0.382 e. The van der Waals surface area contributed by atoms with Gasteiger partial charge in [0.15, 0.2) is 5.13 Å². The molecule has 0 radical (unpaired) electrons. The zero-order valence-electron chi connectivity index (χ0n) is 14.4. The number of rotatable bonds is 5. The molecule has 1 aromatic carbocycles. The molecule has 0 saturated heterocycles. The normalized spacial score (nSPS) is 16.1. The van der Waals surface area contributed by atoms with E-state index in [1.165, 1.54) is 23.5 Å². The van der Waals surface area contributed by atoms with Crippen LogP contribution in [0.2, 0.25) is 0 Å². The number of hydrogen-bond donors (Lipinski definition) is 1. The molecule has 1 aliphatic heterocycles. The van der Waals surface area contributed by atoms with E-state index in [4.69, 9.17) is 4.84 Å². The van der Waals surface area contributed by atoms with Crippen LogP contribution in [0.3, 0.4) is 0 Å². The number of aryl methyl sites for hydroxylation is 1. The summed E-state index contributed by atoms with van der Waals surface area (Å²) in [5.41, 5.74) is 3.00. The van der Waals surface area contributed by atoms with Crippen LogP contribution in [0.5, 0.6) is 0 Å². The summed E-state index contributed by atoms with van der Waals surface area (Å²) in [4.78, 5) is 22.1. The Labute approximate surface area is 158 Å². The fourth-order valence-electron chi connectivity index (χ4n) is 2.65. The lowest BCUT2D eigenvalue weighted by molar-refractivity contribution is -0.125. The van der Waals surface area contributed by atoms with E-state index in [0.717, 1.165) is 23.4 Å². The van der Waals surface area contributed by atoms with Gasteiger partial charge < -0.3 is 4.84 Å². The number of oxime groups is 1. The van der Waals surface area contributed by atoms with E-state index in [9.17, 15) is 9.18 Å². The van der Waals surface area contributed by atoms with E-state index in [1.54, 1.807) is 18.3 Å². The Morgan fingerprint density at radius 2 is 2.19 bits per heavy atom. The molecule has 9 heteroatoms. The maximum Gasteiger partial charge on any atom is 0.270 e. The number of aromatic nitrogens is 3. The first-order chi connectivity index (χ1) is 13.1. The molecule has 0 spiro atoms. The molecule has 1 aliphatic rings. The first kappa shape index (κ1) is 17.3. The topological polar surface area (TPSA) is 81.4 Å². The summed E-state index contributed by atoms with van der Waals surface area (Å²) in [7, 11) is 0. The summed E-state index contributed by atoms with van der Waals surface area (Å²) in [6.45, 7) is 2.79. The van der Waals surface area contributed by atoms with Crippen LogP contribution >= 0.6 is 11.3 Å². The number of amides is 1. The quantitative estimate of drug-likeness (QED) is 0.731. The number of hydrogen-bond acceptors (Lipinski definition) is 6. The summed E-state index contributed by atoms with van der Waals surface area (Å²) in [5, 5.41) is 13.3. The molecule has 7 nitrogen and oxygen atoms in total. The minimum absolute atomic E-state index is 0.318. The molecule has 1 unspecified atom stereocenters. The number of anilines is 1. The Balaban J connectivity index is 1.38. The third-order valence-corrected chi connectivity index (χ3v) is 4.88. The monoisotopic (exact) mass is 385 g/mol. The van der Waals surface area contributed by atoms with Gasteiger partial charge in [0.2, 0.25) is 6.10 Å². The van der Waals surface area contributed by atoms with Crippen LogP contribution in [-0.4, -0.2) is 32.5 Å². The Morgan fingerprint density at radius 3 is 2.93 bits per heavy atom.